The maximum Gasteiger partial charge on any atom is 0.294 e. The van der Waals surface area contributed by atoms with Crippen LogP contribution < -0.4 is 5.32 Å². The molecule has 0 unspecified atom stereocenters. The summed E-state index contributed by atoms with van der Waals surface area (Å²) in [6.45, 7) is 1.58. The number of hydrogen-bond acceptors (Lipinski definition) is 5. The van der Waals surface area contributed by atoms with Gasteiger partial charge in [-0.2, -0.15) is 0 Å². The Hall–Kier alpha value is -2.38. The van der Waals surface area contributed by atoms with Crippen LogP contribution in [0, 0.1) is 6.92 Å². The molecule has 0 radical (unpaired) electrons. The summed E-state index contributed by atoms with van der Waals surface area (Å²) in [5.74, 6) is -0.831. The number of amides is 3. The highest BCUT2D eigenvalue weighted by molar-refractivity contribution is 8.18. The van der Waals surface area contributed by atoms with E-state index in [1.807, 2.05) is 42.6 Å². The lowest BCUT2D eigenvalue weighted by Crippen LogP contribution is -2.36. The monoisotopic (exact) mass is 358 g/mol. The standard InChI is InChI=1S/C17H14N2O3S2/c1-11-5-2-3-7-13(11)18-15(20)10-19-16(21)14(24-17(19)22)9-12-6-4-8-23-12/h2-9H,10H2,1H3,(H,18,20)/b14-9+. The van der Waals surface area contributed by atoms with Crippen molar-refractivity contribution in [3.8, 4) is 0 Å². The molecule has 0 aliphatic carbocycles. The zero-order valence-electron chi connectivity index (χ0n) is 12.8. The van der Waals surface area contributed by atoms with Crippen LogP contribution in [0.25, 0.3) is 6.08 Å². The molecule has 122 valence electrons. The maximum absolute atomic E-state index is 12.3. The third-order valence-corrected chi connectivity index (χ3v) is 5.14. The van der Waals surface area contributed by atoms with Gasteiger partial charge in [-0.1, -0.05) is 24.3 Å². The van der Waals surface area contributed by atoms with Gasteiger partial charge < -0.3 is 5.32 Å². The first-order valence-corrected chi connectivity index (χ1v) is 8.88. The smallest absolute Gasteiger partial charge is 0.294 e. The van der Waals surface area contributed by atoms with E-state index in [1.165, 1.54) is 11.3 Å². The lowest BCUT2D eigenvalue weighted by molar-refractivity contribution is -0.127. The fourth-order valence-electron chi connectivity index (χ4n) is 2.19. The van der Waals surface area contributed by atoms with Crippen molar-refractivity contribution in [2.75, 3.05) is 11.9 Å². The van der Waals surface area contributed by atoms with Crippen molar-refractivity contribution < 1.29 is 14.4 Å². The number of rotatable bonds is 4. The molecule has 7 heteroatoms. The van der Waals surface area contributed by atoms with Crippen molar-refractivity contribution in [1.82, 2.24) is 4.90 Å². The largest absolute Gasteiger partial charge is 0.324 e. The number of imide groups is 1. The molecule has 1 aromatic carbocycles. The summed E-state index contributed by atoms with van der Waals surface area (Å²) >= 11 is 2.34. The van der Waals surface area contributed by atoms with Crippen molar-refractivity contribution in [1.29, 1.82) is 0 Å². The number of thiophene rings is 1. The number of aryl methyl sites for hydroxylation is 1. The summed E-state index contributed by atoms with van der Waals surface area (Å²) in [6, 6.07) is 11.1. The van der Waals surface area contributed by atoms with Crippen LogP contribution in [-0.4, -0.2) is 28.5 Å². The van der Waals surface area contributed by atoms with Gasteiger partial charge in [-0.05, 0) is 47.8 Å². The number of nitrogens with zero attached hydrogens (tertiary/aromatic N) is 1. The lowest BCUT2D eigenvalue weighted by Gasteiger charge is -2.13. The molecule has 0 saturated carbocycles. The SMILES string of the molecule is Cc1ccccc1NC(=O)CN1C(=O)S/C(=C/c2cccs2)C1=O. The van der Waals surface area contributed by atoms with Crippen LogP contribution in [0.3, 0.4) is 0 Å². The predicted octanol–water partition coefficient (Wildman–Crippen LogP) is 3.73. The molecule has 5 nitrogen and oxygen atoms in total. The number of anilines is 1. The van der Waals surface area contributed by atoms with Gasteiger partial charge in [-0.25, -0.2) is 0 Å². The number of carbonyl (C=O) groups is 3. The number of para-hydroxylation sites is 1. The Labute approximate surface area is 147 Å². The number of benzene rings is 1. The maximum atomic E-state index is 12.3. The first-order valence-electron chi connectivity index (χ1n) is 7.19. The van der Waals surface area contributed by atoms with Gasteiger partial charge in [0.05, 0.1) is 4.91 Å². The lowest BCUT2D eigenvalue weighted by atomic mass is 10.2. The van der Waals surface area contributed by atoms with Crippen molar-refractivity contribution in [2.45, 2.75) is 6.92 Å². The molecule has 0 atom stereocenters. The van der Waals surface area contributed by atoms with Crippen LogP contribution in [0.5, 0.6) is 0 Å². The van der Waals surface area contributed by atoms with Gasteiger partial charge in [0.2, 0.25) is 5.91 Å². The predicted molar refractivity (Wildman–Crippen MR) is 96.8 cm³/mol. The van der Waals surface area contributed by atoms with E-state index in [0.717, 1.165) is 27.1 Å². The quantitative estimate of drug-likeness (QED) is 0.846. The Morgan fingerprint density at radius 2 is 2.00 bits per heavy atom. The van der Waals surface area contributed by atoms with E-state index in [9.17, 15) is 14.4 Å². The van der Waals surface area contributed by atoms with Crippen molar-refractivity contribution in [3.63, 3.8) is 0 Å². The van der Waals surface area contributed by atoms with Crippen LogP contribution in [0.2, 0.25) is 0 Å². The number of carbonyl (C=O) groups excluding carboxylic acids is 3. The van der Waals surface area contributed by atoms with Crippen molar-refractivity contribution in [2.24, 2.45) is 0 Å². The Balaban J connectivity index is 1.69. The molecular formula is C17H14N2O3S2. The highest BCUT2D eigenvalue weighted by Gasteiger charge is 2.36. The van der Waals surface area contributed by atoms with Gasteiger partial charge in [-0.15, -0.1) is 11.3 Å². The summed E-state index contributed by atoms with van der Waals surface area (Å²) in [5, 5.41) is 4.19. The average Bonchev–Trinajstić information content (AvgIpc) is 3.14. The number of nitrogens with one attached hydrogen (secondary N) is 1. The van der Waals surface area contributed by atoms with Crippen LogP contribution in [-0.2, 0) is 9.59 Å². The Bertz CT molecular complexity index is 828. The molecule has 1 aliphatic heterocycles. The molecule has 2 aromatic rings. The highest BCUT2D eigenvalue weighted by atomic mass is 32.2. The molecular weight excluding hydrogens is 344 g/mol. The van der Waals surface area contributed by atoms with E-state index in [-0.39, 0.29) is 6.54 Å². The summed E-state index contributed by atoms with van der Waals surface area (Å²) in [4.78, 5) is 38.7. The Morgan fingerprint density at radius 1 is 1.21 bits per heavy atom. The van der Waals surface area contributed by atoms with Gasteiger partial charge in [0.1, 0.15) is 6.54 Å². The molecule has 3 rings (SSSR count). The number of thioether (sulfide) groups is 1. The van der Waals surface area contributed by atoms with Gasteiger partial charge in [0, 0.05) is 10.6 Å². The van der Waals surface area contributed by atoms with E-state index in [0.29, 0.717) is 10.6 Å². The molecule has 0 spiro atoms. The first-order chi connectivity index (χ1) is 11.5. The fraction of sp³-hybridized carbons (Fsp3) is 0.118. The molecule has 3 amide bonds. The first kappa shape index (κ1) is 16.5. The fourth-order valence-corrected chi connectivity index (χ4v) is 3.75. The third-order valence-electron chi connectivity index (χ3n) is 3.41. The minimum atomic E-state index is -0.432. The summed E-state index contributed by atoms with van der Waals surface area (Å²) in [7, 11) is 0. The normalized spacial score (nSPS) is 16.0. The van der Waals surface area contributed by atoms with Crippen LogP contribution in [0.1, 0.15) is 10.4 Å². The summed E-state index contributed by atoms with van der Waals surface area (Å²) in [6.07, 6.45) is 1.68. The van der Waals surface area contributed by atoms with Gasteiger partial charge in [0.15, 0.2) is 0 Å². The topological polar surface area (TPSA) is 66.5 Å². The third kappa shape index (κ3) is 3.58. The average molecular weight is 358 g/mol. The van der Waals surface area contributed by atoms with E-state index in [2.05, 4.69) is 5.32 Å². The minimum Gasteiger partial charge on any atom is -0.324 e. The van der Waals surface area contributed by atoms with Crippen LogP contribution >= 0.6 is 23.1 Å². The molecule has 1 aromatic heterocycles. The molecule has 2 heterocycles. The summed E-state index contributed by atoms with van der Waals surface area (Å²) < 4.78 is 0. The second-order valence-electron chi connectivity index (χ2n) is 5.15. The molecule has 24 heavy (non-hydrogen) atoms. The highest BCUT2D eigenvalue weighted by Crippen LogP contribution is 2.32. The Morgan fingerprint density at radius 3 is 2.71 bits per heavy atom. The molecule has 1 saturated heterocycles. The molecule has 0 bridgehead atoms. The van der Waals surface area contributed by atoms with Crippen LogP contribution in [0.4, 0.5) is 10.5 Å². The van der Waals surface area contributed by atoms with Crippen LogP contribution in [0.15, 0.2) is 46.7 Å². The van der Waals surface area contributed by atoms with Gasteiger partial charge in [-0.3, -0.25) is 19.3 Å². The van der Waals surface area contributed by atoms with E-state index in [1.54, 1.807) is 12.1 Å². The zero-order chi connectivity index (χ0) is 17.1. The molecule has 1 aliphatic rings. The van der Waals surface area contributed by atoms with Crippen molar-refractivity contribution in [3.05, 3.63) is 57.1 Å². The minimum absolute atomic E-state index is 0.291. The van der Waals surface area contributed by atoms with Gasteiger partial charge in [0.25, 0.3) is 11.1 Å². The van der Waals surface area contributed by atoms with E-state index in [4.69, 9.17) is 0 Å². The zero-order valence-corrected chi connectivity index (χ0v) is 14.4. The molecule has 1 N–H and O–H groups in total. The van der Waals surface area contributed by atoms with Crippen molar-refractivity contribution >= 4 is 51.9 Å². The van der Waals surface area contributed by atoms with E-state index < -0.39 is 17.1 Å². The van der Waals surface area contributed by atoms with Gasteiger partial charge >= 0.3 is 0 Å². The second kappa shape index (κ2) is 7.02. The van der Waals surface area contributed by atoms with E-state index >= 15 is 0 Å². The second-order valence-corrected chi connectivity index (χ2v) is 7.12. The molecule has 1 fully saturated rings. The number of hydrogen-bond donors (Lipinski definition) is 1. The Kier molecular flexibility index (Phi) is 4.82. The summed E-state index contributed by atoms with van der Waals surface area (Å²) in [5.41, 5.74) is 1.58.